The molecule has 2 aromatic carbocycles. The van der Waals surface area contributed by atoms with E-state index in [9.17, 15) is 14.9 Å². The third kappa shape index (κ3) is 3.65. The Morgan fingerprint density at radius 1 is 1.17 bits per heavy atom. The molecule has 0 aliphatic carbocycles. The smallest absolute Gasteiger partial charge is 0.269 e. The molecule has 1 aliphatic heterocycles. The van der Waals surface area contributed by atoms with Crippen LogP contribution < -0.4 is 10.6 Å². The van der Waals surface area contributed by atoms with Crippen LogP contribution in [-0.4, -0.2) is 20.6 Å². The summed E-state index contributed by atoms with van der Waals surface area (Å²) in [6.07, 6.45) is 0. The van der Waals surface area contributed by atoms with Crippen molar-refractivity contribution in [3.05, 3.63) is 92.3 Å². The number of fused-ring (bicyclic) bond motifs is 1. The van der Waals surface area contributed by atoms with E-state index in [-0.39, 0.29) is 11.6 Å². The summed E-state index contributed by atoms with van der Waals surface area (Å²) in [5.41, 5.74) is 3.24. The van der Waals surface area contributed by atoms with Gasteiger partial charge in [0.1, 0.15) is 11.9 Å². The average Bonchev–Trinajstić information content (AvgIpc) is 3.08. The number of carbonyl (C=O) groups is 1. The van der Waals surface area contributed by atoms with Gasteiger partial charge in [0, 0.05) is 34.6 Å². The number of nitrogens with one attached hydrogen (secondary N) is 2. The standard InChI is InChI=1S/C21H18ClN5O3/c1-12-11-18-23-13(2)19(21(28)24-16-7-5-15(22)6-8-16)20(26(18)25-12)14-3-9-17(10-4-14)27(29)30/h3-11,20,23H,1-2H3,(H,24,28)/t20-/m1/s1. The number of halogens is 1. The lowest BCUT2D eigenvalue weighted by molar-refractivity contribution is -0.384. The van der Waals surface area contributed by atoms with Crippen LogP contribution in [0.3, 0.4) is 0 Å². The number of amides is 1. The molecule has 0 saturated carbocycles. The summed E-state index contributed by atoms with van der Waals surface area (Å²) in [5.74, 6) is 0.445. The topological polar surface area (TPSA) is 102 Å². The van der Waals surface area contributed by atoms with Gasteiger partial charge in [-0.15, -0.1) is 0 Å². The zero-order chi connectivity index (χ0) is 21.4. The van der Waals surface area contributed by atoms with Crippen molar-refractivity contribution in [1.82, 2.24) is 9.78 Å². The lowest BCUT2D eigenvalue weighted by Gasteiger charge is -2.29. The van der Waals surface area contributed by atoms with Crippen LogP contribution in [0.1, 0.15) is 24.2 Å². The number of aromatic nitrogens is 2. The zero-order valence-electron chi connectivity index (χ0n) is 16.2. The number of hydrogen-bond donors (Lipinski definition) is 2. The molecule has 0 saturated heterocycles. The van der Waals surface area contributed by atoms with Gasteiger partial charge < -0.3 is 10.6 Å². The number of anilines is 2. The number of rotatable bonds is 4. The number of nitro benzene ring substituents is 1. The fourth-order valence-corrected chi connectivity index (χ4v) is 3.63. The second-order valence-electron chi connectivity index (χ2n) is 6.99. The highest BCUT2D eigenvalue weighted by Gasteiger charge is 2.33. The molecule has 30 heavy (non-hydrogen) atoms. The van der Waals surface area contributed by atoms with E-state index in [0.717, 1.165) is 11.5 Å². The molecule has 1 atom stereocenters. The molecule has 8 nitrogen and oxygen atoms in total. The minimum absolute atomic E-state index is 0.0163. The molecule has 152 valence electrons. The van der Waals surface area contributed by atoms with Gasteiger partial charge in [-0.25, -0.2) is 4.68 Å². The van der Waals surface area contributed by atoms with Crippen molar-refractivity contribution in [3.63, 3.8) is 0 Å². The fraction of sp³-hybridized carbons (Fsp3) is 0.143. The summed E-state index contributed by atoms with van der Waals surface area (Å²) in [6.45, 7) is 3.68. The highest BCUT2D eigenvalue weighted by Crippen LogP contribution is 2.37. The SMILES string of the molecule is CC1=C(C(=O)Nc2ccc(Cl)cc2)[C@@H](c2ccc([N+](=O)[O-])cc2)n2nc(C)cc2N1. The number of nitrogens with zero attached hydrogens (tertiary/aromatic N) is 3. The highest BCUT2D eigenvalue weighted by atomic mass is 35.5. The Morgan fingerprint density at radius 3 is 2.47 bits per heavy atom. The zero-order valence-corrected chi connectivity index (χ0v) is 17.0. The lowest BCUT2D eigenvalue weighted by atomic mass is 9.94. The third-order valence-corrected chi connectivity index (χ3v) is 5.11. The van der Waals surface area contributed by atoms with Gasteiger partial charge in [0.2, 0.25) is 0 Å². The fourth-order valence-electron chi connectivity index (χ4n) is 3.51. The van der Waals surface area contributed by atoms with Crippen molar-refractivity contribution in [1.29, 1.82) is 0 Å². The van der Waals surface area contributed by atoms with E-state index >= 15 is 0 Å². The number of allylic oxidation sites excluding steroid dienone is 1. The Balaban J connectivity index is 1.76. The van der Waals surface area contributed by atoms with Gasteiger partial charge in [-0.2, -0.15) is 5.10 Å². The molecular weight excluding hydrogens is 406 g/mol. The molecule has 2 heterocycles. The maximum atomic E-state index is 13.2. The molecule has 9 heteroatoms. The summed E-state index contributed by atoms with van der Waals surface area (Å²) in [7, 11) is 0. The molecular formula is C21H18ClN5O3. The first-order valence-electron chi connectivity index (χ1n) is 9.18. The summed E-state index contributed by atoms with van der Waals surface area (Å²) < 4.78 is 1.72. The number of carbonyl (C=O) groups excluding carboxylic acids is 1. The van der Waals surface area contributed by atoms with E-state index in [4.69, 9.17) is 11.6 Å². The first-order valence-corrected chi connectivity index (χ1v) is 9.56. The maximum absolute atomic E-state index is 13.2. The van der Waals surface area contributed by atoms with E-state index in [0.29, 0.717) is 27.5 Å². The van der Waals surface area contributed by atoms with E-state index < -0.39 is 11.0 Å². The Hall–Kier alpha value is -3.65. The van der Waals surface area contributed by atoms with E-state index in [2.05, 4.69) is 15.7 Å². The van der Waals surface area contributed by atoms with Gasteiger partial charge in [-0.05, 0) is 55.8 Å². The predicted molar refractivity (Wildman–Crippen MR) is 115 cm³/mol. The summed E-state index contributed by atoms with van der Waals surface area (Å²) >= 11 is 5.93. The first-order chi connectivity index (χ1) is 14.3. The predicted octanol–water partition coefficient (Wildman–Crippen LogP) is 4.68. The Kier molecular flexibility index (Phi) is 5.01. The monoisotopic (exact) mass is 423 g/mol. The van der Waals surface area contributed by atoms with Crippen molar-refractivity contribution in [2.24, 2.45) is 0 Å². The molecule has 3 aromatic rings. The van der Waals surface area contributed by atoms with Crippen LogP contribution in [-0.2, 0) is 4.79 Å². The van der Waals surface area contributed by atoms with E-state index in [1.54, 1.807) is 41.1 Å². The van der Waals surface area contributed by atoms with Gasteiger partial charge in [-0.1, -0.05) is 11.6 Å². The van der Waals surface area contributed by atoms with Crippen LogP contribution in [0.2, 0.25) is 5.02 Å². The molecule has 1 amide bonds. The summed E-state index contributed by atoms with van der Waals surface area (Å²) in [5, 5.41) is 22.3. The van der Waals surface area contributed by atoms with Gasteiger partial charge in [0.05, 0.1) is 16.2 Å². The third-order valence-electron chi connectivity index (χ3n) is 4.86. The molecule has 4 rings (SSSR count). The quantitative estimate of drug-likeness (QED) is 0.468. The number of aryl methyl sites for hydroxylation is 1. The van der Waals surface area contributed by atoms with Crippen LogP contribution in [0.4, 0.5) is 17.2 Å². The Bertz CT molecular complexity index is 1170. The first kappa shape index (κ1) is 19.7. The largest absolute Gasteiger partial charge is 0.344 e. The van der Waals surface area contributed by atoms with Crippen LogP contribution in [0.15, 0.2) is 65.9 Å². The van der Waals surface area contributed by atoms with E-state index in [1.165, 1.54) is 12.1 Å². The minimum Gasteiger partial charge on any atom is -0.344 e. The number of hydrogen-bond acceptors (Lipinski definition) is 5. The van der Waals surface area contributed by atoms with E-state index in [1.807, 2.05) is 19.9 Å². The molecule has 1 aromatic heterocycles. The highest BCUT2D eigenvalue weighted by molar-refractivity contribution is 6.30. The van der Waals surface area contributed by atoms with Gasteiger partial charge in [0.15, 0.2) is 0 Å². The number of nitro groups is 1. The van der Waals surface area contributed by atoms with Crippen LogP contribution in [0, 0.1) is 17.0 Å². The van der Waals surface area contributed by atoms with Crippen LogP contribution in [0.25, 0.3) is 0 Å². The Labute approximate surface area is 177 Å². The van der Waals surface area contributed by atoms with Crippen molar-refractivity contribution >= 4 is 34.7 Å². The van der Waals surface area contributed by atoms with Gasteiger partial charge >= 0.3 is 0 Å². The number of benzene rings is 2. The van der Waals surface area contributed by atoms with Gasteiger partial charge in [0.25, 0.3) is 11.6 Å². The summed E-state index contributed by atoms with van der Waals surface area (Å²) in [4.78, 5) is 23.8. The molecule has 0 unspecified atom stereocenters. The maximum Gasteiger partial charge on any atom is 0.269 e. The van der Waals surface area contributed by atoms with Crippen molar-refractivity contribution in [3.8, 4) is 0 Å². The van der Waals surface area contributed by atoms with Crippen LogP contribution in [0.5, 0.6) is 0 Å². The molecule has 0 bridgehead atoms. The van der Waals surface area contributed by atoms with Gasteiger partial charge in [-0.3, -0.25) is 14.9 Å². The van der Waals surface area contributed by atoms with Crippen molar-refractivity contribution in [2.45, 2.75) is 19.9 Å². The molecule has 0 radical (unpaired) electrons. The second-order valence-corrected chi connectivity index (χ2v) is 7.43. The normalized spacial score (nSPS) is 15.4. The average molecular weight is 424 g/mol. The van der Waals surface area contributed by atoms with Crippen molar-refractivity contribution in [2.75, 3.05) is 10.6 Å². The number of non-ortho nitro benzene ring substituents is 1. The molecule has 1 aliphatic rings. The molecule has 0 fully saturated rings. The summed E-state index contributed by atoms with van der Waals surface area (Å²) in [6, 6.07) is 14.3. The molecule has 0 spiro atoms. The molecule has 2 N–H and O–H groups in total. The lowest BCUT2D eigenvalue weighted by Crippen LogP contribution is -2.31. The van der Waals surface area contributed by atoms with Crippen molar-refractivity contribution < 1.29 is 9.72 Å². The van der Waals surface area contributed by atoms with Crippen LogP contribution >= 0.6 is 11.6 Å². The Morgan fingerprint density at radius 2 is 1.83 bits per heavy atom. The minimum atomic E-state index is -0.539. The second kappa shape index (κ2) is 7.64.